The molecule has 4 heterocycles. The Morgan fingerprint density at radius 3 is 2.61 bits per heavy atom. The average molecular weight is 385 g/mol. The van der Waals surface area contributed by atoms with E-state index in [1.54, 1.807) is 0 Å². The molecule has 1 aromatic heterocycles. The first kappa shape index (κ1) is 19.4. The van der Waals surface area contributed by atoms with E-state index in [-0.39, 0.29) is 17.2 Å². The highest BCUT2D eigenvalue weighted by molar-refractivity contribution is 5.79. The van der Waals surface area contributed by atoms with Gasteiger partial charge in [0.05, 0.1) is 5.92 Å². The number of hydrogen-bond acceptors (Lipinski definition) is 4. The van der Waals surface area contributed by atoms with Gasteiger partial charge in [-0.15, -0.1) is 0 Å². The molecule has 3 fully saturated rings. The summed E-state index contributed by atoms with van der Waals surface area (Å²) >= 11 is 0. The third kappa shape index (κ3) is 4.22. The Kier molecular flexibility index (Phi) is 5.67. The molecule has 6 nitrogen and oxygen atoms in total. The molecule has 152 valence electrons. The summed E-state index contributed by atoms with van der Waals surface area (Å²) in [6.07, 6.45) is 9.18. The molecule has 0 N–H and O–H groups in total. The molecule has 2 amide bonds. The normalized spacial score (nSPS) is 25.5. The molecular weight excluding hydrogens is 352 g/mol. The Hall–Kier alpha value is -1.95. The standard InChI is InChI=1S/C22H32N4O2/c1-24-12-6-19(16-24)21(28)25-14-8-22(9-15-25)7-2-20(27)26(17-22)13-5-18-3-10-23-11-4-18/h3-4,10-11,19H,2,5-9,12-17H2,1H3/t19-/m0/s1. The van der Waals surface area contributed by atoms with Gasteiger partial charge < -0.3 is 14.7 Å². The van der Waals surface area contributed by atoms with E-state index in [1.165, 1.54) is 5.56 Å². The van der Waals surface area contributed by atoms with Crippen LogP contribution in [0.25, 0.3) is 0 Å². The van der Waals surface area contributed by atoms with Gasteiger partial charge in [0.25, 0.3) is 0 Å². The number of aromatic nitrogens is 1. The fourth-order valence-corrected chi connectivity index (χ4v) is 5.12. The molecule has 0 saturated carbocycles. The van der Waals surface area contributed by atoms with Gasteiger partial charge in [0.1, 0.15) is 0 Å². The lowest BCUT2D eigenvalue weighted by Crippen LogP contribution is -2.53. The first-order valence-electron chi connectivity index (χ1n) is 10.7. The third-order valence-corrected chi connectivity index (χ3v) is 7.04. The van der Waals surface area contributed by atoms with Crippen LogP contribution in [0, 0.1) is 11.3 Å². The smallest absolute Gasteiger partial charge is 0.227 e. The van der Waals surface area contributed by atoms with Gasteiger partial charge in [-0.3, -0.25) is 14.6 Å². The van der Waals surface area contributed by atoms with Gasteiger partial charge in [-0.1, -0.05) is 0 Å². The van der Waals surface area contributed by atoms with Crippen molar-refractivity contribution < 1.29 is 9.59 Å². The van der Waals surface area contributed by atoms with Gasteiger partial charge in [0.15, 0.2) is 0 Å². The highest BCUT2D eigenvalue weighted by Crippen LogP contribution is 2.40. The largest absolute Gasteiger partial charge is 0.342 e. The Morgan fingerprint density at radius 1 is 1.18 bits per heavy atom. The van der Waals surface area contributed by atoms with Gasteiger partial charge in [-0.2, -0.15) is 0 Å². The highest BCUT2D eigenvalue weighted by Gasteiger charge is 2.42. The van der Waals surface area contributed by atoms with Crippen molar-refractivity contribution in [1.82, 2.24) is 19.7 Å². The van der Waals surface area contributed by atoms with Crippen LogP contribution in [0.2, 0.25) is 0 Å². The number of amides is 2. The van der Waals surface area contributed by atoms with Crippen molar-refractivity contribution in [1.29, 1.82) is 0 Å². The molecule has 0 radical (unpaired) electrons. The quantitative estimate of drug-likeness (QED) is 0.794. The molecule has 1 spiro atoms. The SMILES string of the molecule is CN1CC[C@H](C(=O)N2CCC3(CCC(=O)N(CCc4ccncc4)C3)CC2)C1. The third-order valence-electron chi connectivity index (χ3n) is 7.04. The summed E-state index contributed by atoms with van der Waals surface area (Å²) in [6, 6.07) is 4.05. The summed E-state index contributed by atoms with van der Waals surface area (Å²) in [4.78, 5) is 35.8. The first-order chi connectivity index (χ1) is 13.5. The summed E-state index contributed by atoms with van der Waals surface area (Å²) in [5.41, 5.74) is 1.43. The zero-order valence-electron chi connectivity index (χ0n) is 17.0. The van der Waals surface area contributed by atoms with E-state index >= 15 is 0 Å². The van der Waals surface area contributed by atoms with Crippen LogP contribution in [0.15, 0.2) is 24.5 Å². The lowest BCUT2D eigenvalue weighted by Gasteiger charge is -2.47. The summed E-state index contributed by atoms with van der Waals surface area (Å²) in [6.45, 7) is 5.27. The zero-order valence-corrected chi connectivity index (χ0v) is 17.0. The number of piperidine rings is 2. The number of rotatable bonds is 4. The monoisotopic (exact) mass is 384 g/mol. The van der Waals surface area contributed by atoms with Crippen molar-refractivity contribution >= 4 is 11.8 Å². The van der Waals surface area contributed by atoms with Crippen LogP contribution in [0.4, 0.5) is 0 Å². The highest BCUT2D eigenvalue weighted by atomic mass is 16.2. The van der Waals surface area contributed by atoms with Crippen molar-refractivity contribution in [3.63, 3.8) is 0 Å². The van der Waals surface area contributed by atoms with Crippen LogP contribution >= 0.6 is 0 Å². The second kappa shape index (κ2) is 8.19. The fourth-order valence-electron chi connectivity index (χ4n) is 5.12. The molecule has 6 heteroatoms. The van der Waals surface area contributed by atoms with E-state index < -0.39 is 0 Å². The van der Waals surface area contributed by atoms with E-state index in [1.807, 2.05) is 24.5 Å². The summed E-state index contributed by atoms with van der Waals surface area (Å²) in [5.74, 6) is 0.816. The summed E-state index contributed by atoms with van der Waals surface area (Å²) in [5, 5.41) is 0. The van der Waals surface area contributed by atoms with Gasteiger partial charge >= 0.3 is 0 Å². The zero-order chi connectivity index (χ0) is 19.6. The number of nitrogens with zero attached hydrogens (tertiary/aromatic N) is 4. The molecule has 3 aliphatic rings. The molecule has 3 saturated heterocycles. The first-order valence-corrected chi connectivity index (χ1v) is 10.7. The summed E-state index contributed by atoms with van der Waals surface area (Å²) in [7, 11) is 2.10. The van der Waals surface area contributed by atoms with Gasteiger partial charge in [0, 0.05) is 51.5 Å². The minimum Gasteiger partial charge on any atom is -0.342 e. The van der Waals surface area contributed by atoms with Crippen molar-refractivity contribution in [2.45, 2.75) is 38.5 Å². The van der Waals surface area contributed by atoms with Crippen LogP contribution in [0.3, 0.4) is 0 Å². The molecule has 0 aromatic carbocycles. The second-order valence-corrected chi connectivity index (χ2v) is 8.99. The van der Waals surface area contributed by atoms with Crippen LogP contribution in [0.5, 0.6) is 0 Å². The predicted octanol–water partition coefficient (Wildman–Crippen LogP) is 1.81. The van der Waals surface area contributed by atoms with E-state index in [0.717, 1.165) is 71.4 Å². The Labute approximate surface area is 167 Å². The summed E-state index contributed by atoms with van der Waals surface area (Å²) < 4.78 is 0. The lowest BCUT2D eigenvalue weighted by atomic mass is 9.72. The molecular formula is C22H32N4O2. The van der Waals surface area contributed by atoms with Crippen LogP contribution in [-0.2, 0) is 16.0 Å². The van der Waals surface area contributed by atoms with Crippen molar-refractivity contribution in [3.05, 3.63) is 30.1 Å². The Balaban J connectivity index is 1.31. The molecule has 0 aliphatic carbocycles. The molecule has 3 aliphatic heterocycles. The maximum Gasteiger partial charge on any atom is 0.227 e. The molecule has 0 bridgehead atoms. The van der Waals surface area contributed by atoms with Crippen LogP contribution in [-0.4, -0.2) is 77.8 Å². The van der Waals surface area contributed by atoms with Gasteiger partial charge in [-0.25, -0.2) is 0 Å². The van der Waals surface area contributed by atoms with Crippen LogP contribution < -0.4 is 0 Å². The number of hydrogen-bond donors (Lipinski definition) is 0. The number of likely N-dealkylation sites (tertiary alicyclic amines) is 3. The van der Waals surface area contributed by atoms with E-state index in [9.17, 15) is 9.59 Å². The predicted molar refractivity (Wildman–Crippen MR) is 108 cm³/mol. The maximum absolute atomic E-state index is 12.8. The Bertz CT molecular complexity index is 700. The lowest BCUT2D eigenvalue weighted by molar-refractivity contribution is -0.144. The fraction of sp³-hybridized carbons (Fsp3) is 0.682. The number of carbonyl (C=O) groups excluding carboxylic acids is 2. The van der Waals surface area contributed by atoms with Gasteiger partial charge in [-0.05, 0) is 68.8 Å². The van der Waals surface area contributed by atoms with Crippen molar-refractivity contribution in [3.8, 4) is 0 Å². The second-order valence-electron chi connectivity index (χ2n) is 8.99. The van der Waals surface area contributed by atoms with Crippen molar-refractivity contribution in [2.24, 2.45) is 11.3 Å². The molecule has 1 atom stereocenters. The topological polar surface area (TPSA) is 56.8 Å². The Morgan fingerprint density at radius 2 is 1.93 bits per heavy atom. The van der Waals surface area contributed by atoms with E-state index in [4.69, 9.17) is 0 Å². The van der Waals surface area contributed by atoms with Crippen molar-refractivity contribution in [2.75, 3.05) is 46.3 Å². The molecule has 0 unspecified atom stereocenters. The average Bonchev–Trinajstić information content (AvgIpc) is 3.16. The van der Waals surface area contributed by atoms with E-state index in [0.29, 0.717) is 12.3 Å². The number of carbonyl (C=O) groups is 2. The minimum absolute atomic E-state index is 0.184. The molecule has 1 aromatic rings. The minimum atomic E-state index is 0.184. The molecule has 4 rings (SSSR count). The van der Waals surface area contributed by atoms with Gasteiger partial charge in [0.2, 0.25) is 11.8 Å². The molecule has 28 heavy (non-hydrogen) atoms. The van der Waals surface area contributed by atoms with Crippen LogP contribution in [0.1, 0.15) is 37.7 Å². The number of pyridine rings is 1. The van der Waals surface area contributed by atoms with E-state index in [2.05, 4.69) is 26.7 Å². The maximum atomic E-state index is 12.8.